The normalized spacial score (nSPS) is 37.0. The number of rotatable bonds is 5. The van der Waals surface area contributed by atoms with Gasteiger partial charge in [0.25, 0.3) is 0 Å². The van der Waals surface area contributed by atoms with Crippen molar-refractivity contribution in [2.45, 2.75) is 93.1 Å². The summed E-state index contributed by atoms with van der Waals surface area (Å²) in [7, 11) is 2.44. The van der Waals surface area contributed by atoms with Gasteiger partial charge in [-0.15, -0.1) is 11.8 Å². The van der Waals surface area contributed by atoms with Crippen molar-refractivity contribution in [3.8, 4) is 0 Å². The van der Waals surface area contributed by atoms with E-state index in [1.807, 2.05) is 5.94 Å². The van der Waals surface area contributed by atoms with Crippen molar-refractivity contribution in [2.24, 2.45) is 5.92 Å². The summed E-state index contributed by atoms with van der Waals surface area (Å²) in [6, 6.07) is 0. The Balaban J connectivity index is 1.63. The third-order valence-corrected chi connectivity index (χ3v) is 7.85. The number of carbonyl (C=O) groups excluding carboxylic acids is 1. The fourth-order valence-corrected chi connectivity index (χ4v) is 6.34. The molecule has 2 heterocycles. The highest BCUT2D eigenvalue weighted by atomic mass is 32.2. The molecule has 1 aliphatic carbocycles. The first-order chi connectivity index (χ1) is 13.0. The summed E-state index contributed by atoms with van der Waals surface area (Å²) in [5.41, 5.74) is 1.48. The van der Waals surface area contributed by atoms with E-state index in [1.54, 1.807) is 11.8 Å². The van der Waals surface area contributed by atoms with Crippen molar-refractivity contribution in [1.29, 1.82) is 0 Å². The van der Waals surface area contributed by atoms with Crippen molar-refractivity contribution < 1.29 is 19.7 Å². The molecular weight excluding hydrogens is 359 g/mol. The Hall–Kier alpha value is -0.515. The zero-order valence-electron chi connectivity index (χ0n) is 16.4. The van der Waals surface area contributed by atoms with Crippen LogP contribution in [0.2, 0.25) is 5.31 Å². The molecule has 2 N–H and O–H groups in total. The van der Waals surface area contributed by atoms with Crippen LogP contribution in [0.5, 0.6) is 0 Å². The lowest BCUT2D eigenvalue weighted by Crippen LogP contribution is -2.48. The van der Waals surface area contributed by atoms with Crippen molar-refractivity contribution >= 4 is 25.5 Å². The van der Waals surface area contributed by atoms with Gasteiger partial charge in [-0.2, -0.15) is 0 Å². The molecule has 3 aliphatic rings. The standard InChI is InChI=1S/C21H33BO4S/c22-21(7-4-2-1-3-5-8-21)12-15-10-19(27-14-15)20-17(6-9-23)18(25)11-16(13-24)26-20/h6,14,16-20,24-25H,1-5,7-8,10-13,22H2/t16?,17?,18-,19?,20+/m0/s1. The van der Waals surface area contributed by atoms with Crippen LogP contribution in [0.4, 0.5) is 0 Å². The van der Waals surface area contributed by atoms with Crippen LogP contribution in [-0.2, 0) is 9.53 Å². The molecule has 0 aromatic rings. The maximum atomic E-state index is 10.9. The summed E-state index contributed by atoms with van der Waals surface area (Å²) in [4.78, 5) is 10.9. The smallest absolute Gasteiger partial charge is 0.120 e. The minimum atomic E-state index is -0.657. The van der Waals surface area contributed by atoms with E-state index in [1.165, 1.54) is 56.6 Å². The van der Waals surface area contributed by atoms with Crippen LogP contribution in [0.3, 0.4) is 0 Å². The molecule has 3 unspecified atom stereocenters. The second-order valence-electron chi connectivity index (χ2n) is 8.98. The molecule has 0 radical (unpaired) electrons. The van der Waals surface area contributed by atoms with E-state index in [0.29, 0.717) is 11.7 Å². The van der Waals surface area contributed by atoms with Crippen molar-refractivity contribution in [2.75, 3.05) is 6.61 Å². The molecule has 0 aromatic heterocycles. The summed E-state index contributed by atoms with van der Waals surface area (Å²) >= 11 is 1.77. The van der Waals surface area contributed by atoms with E-state index in [-0.39, 0.29) is 30.0 Å². The van der Waals surface area contributed by atoms with Gasteiger partial charge in [0.05, 0.1) is 24.9 Å². The molecule has 1 saturated carbocycles. The monoisotopic (exact) mass is 392 g/mol. The Morgan fingerprint density at radius 2 is 2.00 bits per heavy atom. The molecule has 27 heavy (non-hydrogen) atoms. The van der Waals surface area contributed by atoms with E-state index in [9.17, 15) is 15.0 Å². The summed E-state index contributed by atoms with van der Waals surface area (Å²) < 4.78 is 6.08. The number of thioether (sulfide) groups is 1. The zero-order valence-corrected chi connectivity index (χ0v) is 17.3. The lowest BCUT2D eigenvalue weighted by molar-refractivity contribution is -0.134. The molecule has 5 atom stereocenters. The van der Waals surface area contributed by atoms with Crippen LogP contribution >= 0.6 is 11.8 Å². The number of hydrogen-bond acceptors (Lipinski definition) is 5. The van der Waals surface area contributed by atoms with Gasteiger partial charge in [0.15, 0.2) is 0 Å². The van der Waals surface area contributed by atoms with Gasteiger partial charge < -0.3 is 14.9 Å². The SMILES string of the molecule is BC1(CC2=CSC([C@@H]3OC(CO)C[C@H](O)C3C=C=O)C2)CCCCCCC1. The number of aliphatic hydroxyl groups is 2. The van der Waals surface area contributed by atoms with Crippen LogP contribution < -0.4 is 0 Å². The fraction of sp³-hybridized carbons (Fsp3) is 0.810. The Bertz CT molecular complexity index is 567. The van der Waals surface area contributed by atoms with Crippen LogP contribution in [-0.4, -0.2) is 54.2 Å². The van der Waals surface area contributed by atoms with E-state index in [4.69, 9.17) is 4.74 Å². The third kappa shape index (κ3) is 5.51. The van der Waals surface area contributed by atoms with E-state index >= 15 is 0 Å². The number of ether oxygens (including phenoxy) is 1. The summed E-state index contributed by atoms with van der Waals surface area (Å²) in [5.74, 6) is 1.51. The Morgan fingerprint density at radius 3 is 2.67 bits per heavy atom. The minimum Gasteiger partial charge on any atom is -0.394 e. The first kappa shape index (κ1) is 21.2. The first-order valence-electron chi connectivity index (χ1n) is 10.5. The molecule has 0 amide bonds. The predicted molar refractivity (Wildman–Crippen MR) is 112 cm³/mol. The van der Waals surface area contributed by atoms with Crippen LogP contribution in [0.15, 0.2) is 17.1 Å². The zero-order chi connectivity index (χ0) is 19.3. The van der Waals surface area contributed by atoms with Crippen LogP contribution in [0, 0.1) is 5.92 Å². The lowest BCUT2D eigenvalue weighted by atomic mass is 9.59. The largest absolute Gasteiger partial charge is 0.394 e. The van der Waals surface area contributed by atoms with Gasteiger partial charge in [0, 0.05) is 23.7 Å². The minimum absolute atomic E-state index is 0.0964. The van der Waals surface area contributed by atoms with Gasteiger partial charge in [0.2, 0.25) is 0 Å². The molecule has 6 heteroatoms. The second kappa shape index (κ2) is 9.80. The third-order valence-electron chi connectivity index (χ3n) is 6.60. The van der Waals surface area contributed by atoms with E-state index in [2.05, 4.69) is 13.3 Å². The maximum Gasteiger partial charge on any atom is 0.120 e. The summed E-state index contributed by atoms with van der Waals surface area (Å²) in [6.07, 6.45) is 12.0. The predicted octanol–water partition coefficient (Wildman–Crippen LogP) is 2.82. The number of allylic oxidation sites excluding steroid dienone is 1. The van der Waals surface area contributed by atoms with Crippen molar-refractivity contribution in [3.63, 3.8) is 0 Å². The fourth-order valence-electron chi connectivity index (χ4n) is 5.08. The van der Waals surface area contributed by atoms with Crippen molar-refractivity contribution in [3.05, 3.63) is 17.1 Å². The molecule has 0 aromatic carbocycles. The van der Waals surface area contributed by atoms with Gasteiger partial charge in [0.1, 0.15) is 13.8 Å². The number of aliphatic hydroxyl groups excluding tert-OH is 2. The average Bonchev–Trinajstić information content (AvgIpc) is 3.08. The Labute approximate surface area is 168 Å². The molecule has 3 rings (SSSR count). The average molecular weight is 392 g/mol. The number of hydrogen-bond donors (Lipinski definition) is 2. The lowest BCUT2D eigenvalue weighted by Gasteiger charge is -2.40. The maximum absolute atomic E-state index is 10.9. The van der Waals surface area contributed by atoms with Gasteiger partial charge in [-0.05, 0) is 18.2 Å². The van der Waals surface area contributed by atoms with Gasteiger partial charge >= 0.3 is 0 Å². The Kier molecular flexibility index (Phi) is 7.69. The van der Waals surface area contributed by atoms with Gasteiger partial charge in [-0.25, -0.2) is 4.79 Å². The molecule has 0 bridgehead atoms. The first-order valence-corrected chi connectivity index (χ1v) is 11.5. The highest BCUT2D eigenvalue weighted by Gasteiger charge is 2.42. The van der Waals surface area contributed by atoms with E-state index in [0.717, 1.165) is 12.8 Å². The van der Waals surface area contributed by atoms with Gasteiger partial charge in [-0.3, -0.25) is 0 Å². The quantitative estimate of drug-likeness (QED) is 0.556. The van der Waals surface area contributed by atoms with E-state index < -0.39 is 6.10 Å². The highest BCUT2D eigenvalue weighted by molar-refractivity contribution is 8.03. The van der Waals surface area contributed by atoms with Gasteiger partial charge in [-0.1, -0.05) is 55.8 Å². The van der Waals surface area contributed by atoms with Crippen molar-refractivity contribution in [1.82, 2.24) is 0 Å². The second-order valence-corrected chi connectivity index (χ2v) is 10.1. The highest BCUT2D eigenvalue weighted by Crippen LogP contribution is 2.48. The molecule has 4 nitrogen and oxygen atoms in total. The molecule has 150 valence electrons. The summed E-state index contributed by atoms with van der Waals surface area (Å²) in [5, 5.41) is 22.8. The molecule has 2 fully saturated rings. The molecule has 0 spiro atoms. The van der Waals surface area contributed by atoms with Crippen LogP contribution in [0.25, 0.3) is 0 Å². The Morgan fingerprint density at radius 1 is 1.30 bits per heavy atom. The molecule has 1 saturated heterocycles. The topological polar surface area (TPSA) is 66.8 Å². The molecular formula is C21H33BO4S. The summed E-state index contributed by atoms with van der Waals surface area (Å²) in [6.45, 7) is -0.0964. The van der Waals surface area contributed by atoms with Crippen LogP contribution in [0.1, 0.15) is 64.2 Å². The molecule has 2 aliphatic heterocycles.